The number of hydrogen-bond acceptors (Lipinski definition) is 4. The van der Waals surface area contributed by atoms with Gasteiger partial charge in [0.25, 0.3) is 5.91 Å². The first-order valence-electron chi connectivity index (χ1n) is 6.21. The van der Waals surface area contributed by atoms with E-state index in [9.17, 15) is 4.79 Å². The summed E-state index contributed by atoms with van der Waals surface area (Å²) in [6.45, 7) is 5.13. The van der Waals surface area contributed by atoms with Gasteiger partial charge in [-0.15, -0.1) is 0 Å². The van der Waals surface area contributed by atoms with Crippen molar-refractivity contribution in [2.45, 2.75) is 19.9 Å². The molecule has 0 fully saturated rings. The maximum Gasteiger partial charge on any atom is 0.271 e. The monoisotopic (exact) mass is 261 g/mol. The number of hydrogen-bond donors (Lipinski definition) is 2. The normalized spacial score (nSPS) is 11.3. The summed E-state index contributed by atoms with van der Waals surface area (Å²) in [5, 5.41) is 2.82. The van der Waals surface area contributed by atoms with E-state index >= 15 is 0 Å². The molecule has 0 aliphatic rings. The molecule has 1 amide bonds. The molecular weight excluding hydrogens is 242 g/mol. The van der Waals surface area contributed by atoms with Crippen molar-refractivity contribution >= 4 is 5.91 Å². The van der Waals surface area contributed by atoms with Crippen LogP contribution in [-0.2, 0) is 4.74 Å². The highest BCUT2D eigenvalue weighted by Gasteiger charge is 2.14. The number of carbonyl (C=O) groups excluding carboxylic acids is 1. The molecule has 0 aliphatic heterocycles. The lowest BCUT2D eigenvalue weighted by molar-refractivity contribution is 0.0867. The highest BCUT2D eigenvalue weighted by Crippen LogP contribution is 2.04. The Morgan fingerprint density at radius 2 is 2.42 bits per heavy atom. The molecule has 0 saturated heterocycles. The van der Waals surface area contributed by atoms with E-state index in [1.807, 2.05) is 13.8 Å². The van der Waals surface area contributed by atoms with Crippen LogP contribution in [0.15, 0.2) is 18.3 Å². The van der Waals surface area contributed by atoms with Crippen molar-refractivity contribution < 1.29 is 9.53 Å². The topological polar surface area (TPSA) is 77.2 Å². The molecule has 0 aliphatic carbocycles. The molecule has 3 N–H and O–H groups in total. The quantitative estimate of drug-likeness (QED) is 0.759. The molecule has 0 radical (unpaired) electrons. The van der Waals surface area contributed by atoms with E-state index in [1.54, 1.807) is 18.3 Å². The number of amides is 1. The van der Waals surface area contributed by atoms with Crippen molar-refractivity contribution in [3.05, 3.63) is 29.6 Å². The van der Waals surface area contributed by atoms with E-state index in [2.05, 4.69) is 22.1 Å². The Bertz CT molecular complexity index is 477. The van der Waals surface area contributed by atoms with Gasteiger partial charge < -0.3 is 15.8 Å². The predicted molar refractivity (Wildman–Crippen MR) is 73.6 cm³/mol. The number of nitrogens with one attached hydrogen (secondary N) is 1. The van der Waals surface area contributed by atoms with Crippen molar-refractivity contribution in [1.29, 1.82) is 0 Å². The van der Waals surface area contributed by atoms with Gasteiger partial charge in [0.1, 0.15) is 5.69 Å². The Morgan fingerprint density at radius 3 is 3.11 bits per heavy atom. The minimum atomic E-state index is -0.255. The van der Waals surface area contributed by atoms with Gasteiger partial charge in [-0.25, -0.2) is 4.98 Å². The summed E-state index contributed by atoms with van der Waals surface area (Å²) >= 11 is 0. The van der Waals surface area contributed by atoms with E-state index in [-0.39, 0.29) is 18.5 Å². The van der Waals surface area contributed by atoms with Gasteiger partial charge in [-0.05, 0) is 26.0 Å². The highest BCUT2D eigenvalue weighted by atomic mass is 16.5. The molecule has 5 heteroatoms. The number of rotatable bonds is 5. The Labute approximate surface area is 113 Å². The summed E-state index contributed by atoms with van der Waals surface area (Å²) in [5.74, 6) is 5.31. The van der Waals surface area contributed by atoms with Crippen LogP contribution in [-0.4, -0.2) is 36.7 Å². The van der Waals surface area contributed by atoms with E-state index in [0.717, 1.165) is 0 Å². The molecule has 1 unspecified atom stereocenters. The van der Waals surface area contributed by atoms with E-state index < -0.39 is 0 Å². The van der Waals surface area contributed by atoms with E-state index in [0.29, 0.717) is 24.5 Å². The fourth-order valence-electron chi connectivity index (χ4n) is 1.46. The molecule has 19 heavy (non-hydrogen) atoms. The fourth-order valence-corrected chi connectivity index (χ4v) is 1.46. The zero-order chi connectivity index (χ0) is 14.1. The molecule has 0 spiro atoms. The van der Waals surface area contributed by atoms with Crippen LogP contribution in [0, 0.1) is 11.8 Å². The van der Waals surface area contributed by atoms with Crippen LogP contribution in [0.4, 0.5) is 0 Å². The second-order valence-corrected chi connectivity index (χ2v) is 3.94. The van der Waals surface area contributed by atoms with Crippen LogP contribution in [0.25, 0.3) is 0 Å². The van der Waals surface area contributed by atoms with Crippen molar-refractivity contribution in [2.24, 2.45) is 5.73 Å². The third-order valence-corrected chi connectivity index (χ3v) is 2.30. The summed E-state index contributed by atoms with van der Waals surface area (Å²) < 4.78 is 5.25. The Hall–Kier alpha value is -1.90. The van der Waals surface area contributed by atoms with Crippen molar-refractivity contribution in [3.8, 4) is 11.8 Å². The lowest BCUT2D eigenvalue weighted by Gasteiger charge is -2.13. The number of carbonyl (C=O) groups is 1. The summed E-state index contributed by atoms with van der Waals surface area (Å²) in [6.07, 6.45) is 1.57. The SMILES string of the molecule is CCOCC(C)NC(=O)c1ncccc1C#CCN. The van der Waals surface area contributed by atoms with Crippen LogP contribution in [0.1, 0.15) is 29.9 Å². The second kappa shape index (κ2) is 8.25. The van der Waals surface area contributed by atoms with Crippen molar-refractivity contribution in [1.82, 2.24) is 10.3 Å². The van der Waals surface area contributed by atoms with Gasteiger partial charge in [0.2, 0.25) is 0 Å². The van der Waals surface area contributed by atoms with Gasteiger partial charge in [-0.2, -0.15) is 0 Å². The molecule has 1 aromatic rings. The van der Waals surface area contributed by atoms with Gasteiger partial charge in [0.05, 0.1) is 18.7 Å². The minimum Gasteiger partial charge on any atom is -0.380 e. The number of pyridine rings is 1. The first kappa shape index (κ1) is 15.2. The van der Waals surface area contributed by atoms with Crippen LogP contribution < -0.4 is 11.1 Å². The second-order valence-electron chi connectivity index (χ2n) is 3.94. The molecule has 102 valence electrons. The summed E-state index contributed by atoms with van der Waals surface area (Å²) in [7, 11) is 0. The van der Waals surface area contributed by atoms with Gasteiger partial charge in [0, 0.05) is 18.8 Å². The highest BCUT2D eigenvalue weighted by molar-refractivity contribution is 5.94. The molecule has 1 heterocycles. The van der Waals surface area contributed by atoms with E-state index in [1.165, 1.54) is 0 Å². The maximum absolute atomic E-state index is 12.1. The van der Waals surface area contributed by atoms with Crippen LogP contribution in [0.2, 0.25) is 0 Å². The van der Waals surface area contributed by atoms with Crippen LogP contribution >= 0.6 is 0 Å². The van der Waals surface area contributed by atoms with Gasteiger partial charge in [-0.3, -0.25) is 4.79 Å². The number of aromatic nitrogens is 1. The first-order valence-corrected chi connectivity index (χ1v) is 6.21. The number of nitrogens with two attached hydrogens (primary N) is 1. The third kappa shape index (κ3) is 5.08. The average molecular weight is 261 g/mol. The Morgan fingerprint density at radius 1 is 1.63 bits per heavy atom. The smallest absolute Gasteiger partial charge is 0.271 e. The first-order chi connectivity index (χ1) is 9.19. The summed E-state index contributed by atoms with van der Waals surface area (Å²) in [6, 6.07) is 3.41. The van der Waals surface area contributed by atoms with Crippen molar-refractivity contribution in [2.75, 3.05) is 19.8 Å². The lowest BCUT2D eigenvalue weighted by atomic mass is 10.2. The van der Waals surface area contributed by atoms with Gasteiger partial charge in [0.15, 0.2) is 0 Å². The Kier molecular flexibility index (Phi) is 6.58. The van der Waals surface area contributed by atoms with Gasteiger partial charge >= 0.3 is 0 Å². The summed E-state index contributed by atoms with van der Waals surface area (Å²) in [5.41, 5.74) is 6.22. The van der Waals surface area contributed by atoms with Crippen molar-refractivity contribution in [3.63, 3.8) is 0 Å². The zero-order valence-corrected chi connectivity index (χ0v) is 11.3. The van der Waals surface area contributed by atoms with Gasteiger partial charge in [-0.1, -0.05) is 11.8 Å². The summed E-state index contributed by atoms with van der Waals surface area (Å²) in [4.78, 5) is 16.1. The molecule has 1 aromatic heterocycles. The fraction of sp³-hybridized carbons (Fsp3) is 0.429. The number of ether oxygens (including phenoxy) is 1. The van der Waals surface area contributed by atoms with E-state index in [4.69, 9.17) is 10.5 Å². The average Bonchev–Trinajstić information content (AvgIpc) is 2.43. The molecular formula is C14H19N3O2. The zero-order valence-electron chi connectivity index (χ0n) is 11.3. The third-order valence-electron chi connectivity index (χ3n) is 2.30. The molecule has 1 atom stereocenters. The molecule has 5 nitrogen and oxygen atoms in total. The largest absolute Gasteiger partial charge is 0.380 e. The predicted octanol–water partition coefficient (Wildman–Crippen LogP) is 0.547. The maximum atomic E-state index is 12.1. The molecule has 0 aromatic carbocycles. The van der Waals surface area contributed by atoms with Crippen LogP contribution in [0.3, 0.4) is 0 Å². The minimum absolute atomic E-state index is 0.0789. The Balaban J connectivity index is 2.76. The number of nitrogens with zero attached hydrogens (tertiary/aromatic N) is 1. The molecule has 1 rings (SSSR count). The standard InChI is InChI=1S/C14H19N3O2/c1-3-19-10-11(2)17-14(18)13-12(6-4-8-15)7-5-9-16-13/h5,7,9,11H,3,8,10,15H2,1-2H3,(H,17,18). The van der Waals surface area contributed by atoms with Crippen LogP contribution in [0.5, 0.6) is 0 Å². The lowest BCUT2D eigenvalue weighted by Crippen LogP contribution is -2.36. The molecule has 0 bridgehead atoms. The molecule has 0 saturated carbocycles.